The Morgan fingerprint density at radius 1 is 0.935 bits per heavy atom. The highest BCUT2D eigenvalue weighted by atomic mass is 35.5. The van der Waals surface area contributed by atoms with Gasteiger partial charge in [0.15, 0.2) is 0 Å². The fourth-order valence-corrected chi connectivity index (χ4v) is 4.74. The second-order valence-corrected chi connectivity index (χ2v) is 9.62. The van der Waals surface area contributed by atoms with Gasteiger partial charge in [0.1, 0.15) is 12.4 Å². The van der Waals surface area contributed by atoms with Crippen molar-refractivity contribution in [1.29, 1.82) is 0 Å². The average molecular weight is 461 g/mol. The van der Waals surface area contributed by atoms with E-state index >= 15 is 0 Å². The van der Waals surface area contributed by atoms with Crippen LogP contribution in [0.2, 0.25) is 5.02 Å². The molecule has 0 fully saturated rings. The minimum Gasteiger partial charge on any atom is -0.324 e. The predicted octanol–water partition coefficient (Wildman–Crippen LogP) is 5.24. The van der Waals surface area contributed by atoms with Gasteiger partial charge in [0.25, 0.3) is 10.0 Å². The van der Waals surface area contributed by atoms with Crippen LogP contribution in [0, 0.1) is 26.6 Å². The van der Waals surface area contributed by atoms with Gasteiger partial charge >= 0.3 is 0 Å². The summed E-state index contributed by atoms with van der Waals surface area (Å²) in [5, 5.41) is 2.43. The summed E-state index contributed by atoms with van der Waals surface area (Å²) in [7, 11) is -4.02. The highest BCUT2D eigenvalue weighted by Gasteiger charge is 2.27. The zero-order chi connectivity index (χ0) is 22.8. The number of carbonyl (C=O) groups excluding carboxylic acids is 1. The van der Waals surface area contributed by atoms with Crippen molar-refractivity contribution in [2.24, 2.45) is 0 Å². The van der Waals surface area contributed by atoms with Gasteiger partial charge in [0.05, 0.1) is 15.6 Å². The first-order chi connectivity index (χ1) is 14.6. The van der Waals surface area contributed by atoms with Crippen LogP contribution < -0.4 is 9.62 Å². The molecular weight excluding hydrogens is 439 g/mol. The van der Waals surface area contributed by atoms with E-state index in [0.717, 1.165) is 27.1 Å². The van der Waals surface area contributed by atoms with Crippen molar-refractivity contribution in [3.05, 3.63) is 88.2 Å². The van der Waals surface area contributed by atoms with Crippen molar-refractivity contribution >= 4 is 38.9 Å². The summed E-state index contributed by atoms with van der Waals surface area (Å²) in [5.74, 6) is -1.20. The van der Waals surface area contributed by atoms with Gasteiger partial charge < -0.3 is 5.32 Å². The SMILES string of the molecule is Cc1ccc(S(=O)(=O)N(CC(=O)Nc2ccc(F)c(Cl)c2)c2cc(C)cc(C)c2)cc1. The molecule has 0 aliphatic rings. The van der Waals surface area contributed by atoms with Crippen molar-refractivity contribution in [2.75, 3.05) is 16.2 Å². The molecule has 0 aromatic heterocycles. The lowest BCUT2D eigenvalue weighted by Gasteiger charge is -2.25. The standard InChI is InChI=1S/C23H22ClFN2O3S/c1-15-4-7-20(8-5-15)31(29,30)27(19-11-16(2)10-17(3)12-19)14-23(28)26-18-6-9-22(25)21(24)13-18/h4-13H,14H2,1-3H3,(H,26,28). The summed E-state index contributed by atoms with van der Waals surface area (Å²) in [6, 6.07) is 15.5. The molecule has 0 bridgehead atoms. The first-order valence-corrected chi connectivity index (χ1v) is 11.3. The van der Waals surface area contributed by atoms with E-state index in [9.17, 15) is 17.6 Å². The minimum atomic E-state index is -4.02. The lowest BCUT2D eigenvalue weighted by molar-refractivity contribution is -0.114. The molecule has 0 aliphatic heterocycles. The Hall–Kier alpha value is -2.90. The number of rotatable bonds is 6. The normalized spacial score (nSPS) is 11.3. The molecule has 0 saturated carbocycles. The van der Waals surface area contributed by atoms with E-state index < -0.39 is 28.3 Å². The Balaban J connectivity index is 1.98. The van der Waals surface area contributed by atoms with Crippen LogP contribution in [-0.2, 0) is 14.8 Å². The fraction of sp³-hybridized carbons (Fsp3) is 0.174. The van der Waals surface area contributed by atoms with Gasteiger partial charge in [-0.1, -0.05) is 35.4 Å². The van der Waals surface area contributed by atoms with E-state index in [-0.39, 0.29) is 15.6 Å². The van der Waals surface area contributed by atoms with E-state index in [1.165, 1.54) is 24.3 Å². The molecule has 3 aromatic rings. The number of carbonyl (C=O) groups is 1. The third-order valence-corrected chi connectivity index (χ3v) is 6.67. The highest BCUT2D eigenvalue weighted by molar-refractivity contribution is 7.92. The summed E-state index contributed by atoms with van der Waals surface area (Å²) in [6.07, 6.45) is 0. The highest BCUT2D eigenvalue weighted by Crippen LogP contribution is 2.26. The summed E-state index contributed by atoms with van der Waals surface area (Å²) >= 11 is 5.77. The van der Waals surface area contributed by atoms with Crippen LogP contribution in [0.4, 0.5) is 15.8 Å². The number of anilines is 2. The molecule has 1 N–H and O–H groups in total. The van der Waals surface area contributed by atoms with Crippen LogP contribution in [0.15, 0.2) is 65.6 Å². The van der Waals surface area contributed by atoms with Crippen LogP contribution in [-0.4, -0.2) is 20.9 Å². The van der Waals surface area contributed by atoms with Gasteiger partial charge in [-0.25, -0.2) is 12.8 Å². The molecule has 3 aromatic carbocycles. The Bertz CT molecular complexity index is 1210. The van der Waals surface area contributed by atoms with E-state index in [2.05, 4.69) is 5.32 Å². The van der Waals surface area contributed by atoms with Crippen molar-refractivity contribution < 1.29 is 17.6 Å². The first kappa shape index (κ1) is 22.8. The van der Waals surface area contributed by atoms with Crippen LogP contribution in [0.1, 0.15) is 16.7 Å². The number of sulfonamides is 1. The second kappa shape index (κ2) is 9.08. The maximum absolute atomic E-state index is 13.4. The van der Waals surface area contributed by atoms with Gasteiger partial charge in [-0.05, 0) is 74.4 Å². The smallest absolute Gasteiger partial charge is 0.264 e. The predicted molar refractivity (Wildman–Crippen MR) is 122 cm³/mol. The number of amides is 1. The fourth-order valence-electron chi connectivity index (χ4n) is 3.15. The van der Waals surface area contributed by atoms with E-state index in [1.54, 1.807) is 24.3 Å². The number of hydrogen-bond donors (Lipinski definition) is 1. The maximum Gasteiger partial charge on any atom is 0.264 e. The number of benzene rings is 3. The molecule has 0 atom stereocenters. The molecule has 0 radical (unpaired) electrons. The van der Waals surface area contributed by atoms with E-state index in [1.807, 2.05) is 26.8 Å². The monoisotopic (exact) mass is 460 g/mol. The van der Waals surface area contributed by atoms with Crippen LogP contribution in [0.5, 0.6) is 0 Å². The van der Waals surface area contributed by atoms with Gasteiger partial charge in [0, 0.05) is 5.69 Å². The summed E-state index contributed by atoms with van der Waals surface area (Å²) < 4.78 is 41.3. The van der Waals surface area contributed by atoms with Crippen molar-refractivity contribution in [1.82, 2.24) is 0 Å². The average Bonchev–Trinajstić information content (AvgIpc) is 2.68. The Morgan fingerprint density at radius 3 is 2.13 bits per heavy atom. The number of nitrogens with zero attached hydrogens (tertiary/aromatic N) is 1. The molecule has 0 aliphatic carbocycles. The Kier molecular flexibility index (Phi) is 6.67. The zero-order valence-corrected chi connectivity index (χ0v) is 18.9. The van der Waals surface area contributed by atoms with E-state index in [4.69, 9.17) is 11.6 Å². The molecule has 1 amide bonds. The van der Waals surface area contributed by atoms with Gasteiger partial charge in [-0.3, -0.25) is 9.10 Å². The summed E-state index contributed by atoms with van der Waals surface area (Å²) in [6.45, 7) is 5.11. The second-order valence-electron chi connectivity index (χ2n) is 7.35. The maximum atomic E-state index is 13.4. The molecule has 0 heterocycles. The number of hydrogen-bond acceptors (Lipinski definition) is 3. The third-order valence-electron chi connectivity index (χ3n) is 4.59. The lowest BCUT2D eigenvalue weighted by Crippen LogP contribution is -2.38. The largest absolute Gasteiger partial charge is 0.324 e. The number of nitrogens with one attached hydrogen (secondary N) is 1. The molecule has 8 heteroatoms. The molecule has 0 spiro atoms. The molecule has 0 saturated heterocycles. The molecule has 3 rings (SSSR count). The Labute approximate surface area is 186 Å². The third kappa shape index (κ3) is 5.42. The van der Waals surface area contributed by atoms with Crippen LogP contribution >= 0.6 is 11.6 Å². The van der Waals surface area contributed by atoms with Gasteiger partial charge in [0.2, 0.25) is 5.91 Å². The van der Waals surface area contributed by atoms with Crippen molar-refractivity contribution in [2.45, 2.75) is 25.7 Å². The molecule has 5 nitrogen and oxygen atoms in total. The molecule has 31 heavy (non-hydrogen) atoms. The van der Waals surface area contributed by atoms with Crippen LogP contribution in [0.25, 0.3) is 0 Å². The summed E-state index contributed by atoms with van der Waals surface area (Å²) in [5.41, 5.74) is 3.30. The lowest BCUT2D eigenvalue weighted by atomic mass is 10.1. The van der Waals surface area contributed by atoms with Gasteiger partial charge in [-0.2, -0.15) is 0 Å². The number of halogens is 2. The van der Waals surface area contributed by atoms with Crippen molar-refractivity contribution in [3.63, 3.8) is 0 Å². The quantitative estimate of drug-likeness (QED) is 0.547. The number of aryl methyl sites for hydroxylation is 3. The minimum absolute atomic E-state index is 0.0786. The first-order valence-electron chi connectivity index (χ1n) is 9.49. The Morgan fingerprint density at radius 2 is 1.55 bits per heavy atom. The topological polar surface area (TPSA) is 66.5 Å². The van der Waals surface area contributed by atoms with Crippen LogP contribution in [0.3, 0.4) is 0 Å². The van der Waals surface area contributed by atoms with Gasteiger partial charge in [-0.15, -0.1) is 0 Å². The van der Waals surface area contributed by atoms with Crippen molar-refractivity contribution in [3.8, 4) is 0 Å². The zero-order valence-electron chi connectivity index (χ0n) is 17.3. The molecule has 0 unspecified atom stereocenters. The molecular formula is C23H22ClFN2O3S. The van der Waals surface area contributed by atoms with E-state index in [0.29, 0.717) is 5.69 Å². The molecule has 162 valence electrons. The summed E-state index contributed by atoms with van der Waals surface area (Å²) in [4.78, 5) is 12.8.